The molecule has 0 aromatic rings. The summed E-state index contributed by atoms with van der Waals surface area (Å²) in [5, 5.41) is 28.6. The zero-order valence-electron chi connectivity index (χ0n) is 11.4. The normalized spacial score (nSPS) is 28.1. The Morgan fingerprint density at radius 3 is 2.42 bits per heavy atom. The van der Waals surface area contributed by atoms with Gasteiger partial charge in [-0.1, -0.05) is 0 Å². The summed E-state index contributed by atoms with van der Waals surface area (Å²) in [7, 11) is 0. The molecule has 7 heteroatoms. The molecule has 1 aliphatic rings. The molecular weight excluding hydrogens is 254 g/mol. The van der Waals surface area contributed by atoms with Crippen molar-refractivity contribution in [3.05, 3.63) is 0 Å². The number of hydrogen-bond donors (Lipinski definition) is 3. The third-order valence-electron chi connectivity index (χ3n) is 2.94. The van der Waals surface area contributed by atoms with E-state index in [0.29, 0.717) is 0 Å². The topological polar surface area (TPSA) is 107 Å². The molecule has 19 heavy (non-hydrogen) atoms. The molecule has 1 rings (SSSR count). The van der Waals surface area contributed by atoms with Crippen molar-refractivity contribution in [2.75, 3.05) is 13.1 Å². The standard InChI is InChI=1S/C12H21NO6/c1-11(2,3)19-10(17)13-5-4-12(18,6-9(15)16)8(14)7-13/h8,14,18H,4-7H2,1-3H3,(H,15,16). The van der Waals surface area contributed by atoms with Crippen molar-refractivity contribution >= 4 is 12.1 Å². The Morgan fingerprint density at radius 2 is 2.00 bits per heavy atom. The number of rotatable bonds is 2. The van der Waals surface area contributed by atoms with Crippen LogP contribution in [-0.4, -0.2) is 62.7 Å². The molecule has 2 atom stereocenters. The van der Waals surface area contributed by atoms with Crippen molar-refractivity contribution in [3.8, 4) is 0 Å². The predicted molar refractivity (Wildman–Crippen MR) is 65.6 cm³/mol. The second-order valence-corrected chi connectivity index (χ2v) is 5.87. The van der Waals surface area contributed by atoms with Crippen molar-refractivity contribution in [1.29, 1.82) is 0 Å². The number of carboxylic acids is 1. The van der Waals surface area contributed by atoms with Crippen molar-refractivity contribution in [1.82, 2.24) is 4.90 Å². The average Bonchev–Trinajstić information content (AvgIpc) is 2.18. The monoisotopic (exact) mass is 275 g/mol. The Hall–Kier alpha value is -1.34. The summed E-state index contributed by atoms with van der Waals surface area (Å²) < 4.78 is 5.15. The molecule has 0 aromatic carbocycles. The number of amides is 1. The van der Waals surface area contributed by atoms with Crippen LogP contribution in [0.2, 0.25) is 0 Å². The molecule has 7 nitrogen and oxygen atoms in total. The van der Waals surface area contributed by atoms with E-state index in [-0.39, 0.29) is 19.5 Å². The third kappa shape index (κ3) is 4.36. The highest BCUT2D eigenvalue weighted by atomic mass is 16.6. The average molecular weight is 275 g/mol. The Balaban J connectivity index is 2.63. The minimum atomic E-state index is -1.69. The van der Waals surface area contributed by atoms with Crippen LogP contribution in [0.5, 0.6) is 0 Å². The van der Waals surface area contributed by atoms with Crippen LogP contribution in [0.25, 0.3) is 0 Å². The van der Waals surface area contributed by atoms with Gasteiger partial charge in [0.15, 0.2) is 0 Å². The summed E-state index contributed by atoms with van der Waals surface area (Å²) in [5.74, 6) is -1.19. The van der Waals surface area contributed by atoms with Gasteiger partial charge in [-0.25, -0.2) is 4.79 Å². The number of hydrogen-bond acceptors (Lipinski definition) is 5. The van der Waals surface area contributed by atoms with Gasteiger partial charge in [-0.05, 0) is 27.2 Å². The first-order valence-electron chi connectivity index (χ1n) is 6.14. The molecule has 0 aromatic heterocycles. The van der Waals surface area contributed by atoms with Crippen LogP contribution in [-0.2, 0) is 9.53 Å². The van der Waals surface area contributed by atoms with Gasteiger partial charge in [0.05, 0.1) is 13.0 Å². The second-order valence-electron chi connectivity index (χ2n) is 5.87. The fraction of sp³-hybridized carbons (Fsp3) is 0.833. The number of aliphatic carboxylic acids is 1. The van der Waals surface area contributed by atoms with E-state index in [0.717, 1.165) is 0 Å². The molecule has 0 radical (unpaired) electrons. The second kappa shape index (κ2) is 5.34. The van der Waals surface area contributed by atoms with E-state index in [9.17, 15) is 19.8 Å². The van der Waals surface area contributed by atoms with Crippen LogP contribution in [0.4, 0.5) is 4.79 Å². The summed E-state index contributed by atoms with van der Waals surface area (Å²) in [5.41, 5.74) is -2.33. The van der Waals surface area contributed by atoms with Crippen LogP contribution in [0, 0.1) is 0 Å². The Kier molecular flexibility index (Phi) is 4.42. The van der Waals surface area contributed by atoms with E-state index in [1.807, 2.05) is 0 Å². The number of carboxylic acid groups (broad SMARTS) is 1. The number of carbonyl (C=O) groups is 2. The lowest BCUT2D eigenvalue weighted by atomic mass is 9.86. The zero-order valence-corrected chi connectivity index (χ0v) is 11.4. The van der Waals surface area contributed by atoms with E-state index in [4.69, 9.17) is 9.84 Å². The minimum Gasteiger partial charge on any atom is -0.481 e. The first kappa shape index (κ1) is 15.7. The van der Waals surface area contributed by atoms with Gasteiger partial charge < -0.3 is 25.0 Å². The van der Waals surface area contributed by atoms with Gasteiger partial charge in [0.25, 0.3) is 0 Å². The molecule has 1 aliphatic heterocycles. The van der Waals surface area contributed by atoms with Crippen LogP contribution < -0.4 is 0 Å². The molecule has 1 heterocycles. The number of aliphatic hydroxyl groups is 2. The van der Waals surface area contributed by atoms with Gasteiger partial charge in [0, 0.05) is 6.54 Å². The van der Waals surface area contributed by atoms with Crippen LogP contribution in [0.15, 0.2) is 0 Å². The van der Waals surface area contributed by atoms with Crippen LogP contribution >= 0.6 is 0 Å². The van der Waals surface area contributed by atoms with E-state index < -0.39 is 35.8 Å². The van der Waals surface area contributed by atoms with Crippen LogP contribution in [0.3, 0.4) is 0 Å². The first-order valence-corrected chi connectivity index (χ1v) is 6.14. The van der Waals surface area contributed by atoms with E-state index >= 15 is 0 Å². The highest BCUT2D eigenvalue weighted by Crippen LogP contribution is 2.27. The third-order valence-corrected chi connectivity index (χ3v) is 2.94. The van der Waals surface area contributed by atoms with Crippen molar-refractivity contribution in [2.24, 2.45) is 0 Å². The van der Waals surface area contributed by atoms with Gasteiger partial charge in [-0.3, -0.25) is 4.79 Å². The lowest BCUT2D eigenvalue weighted by Crippen LogP contribution is -2.58. The molecule has 0 bridgehead atoms. The maximum absolute atomic E-state index is 11.8. The van der Waals surface area contributed by atoms with Gasteiger partial charge >= 0.3 is 12.1 Å². The Morgan fingerprint density at radius 1 is 1.42 bits per heavy atom. The number of piperidine rings is 1. The maximum Gasteiger partial charge on any atom is 0.410 e. The number of carbonyl (C=O) groups excluding carboxylic acids is 1. The van der Waals surface area contributed by atoms with Gasteiger partial charge in [-0.15, -0.1) is 0 Å². The lowest BCUT2D eigenvalue weighted by Gasteiger charge is -2.41. The molecule has 1 saturated heterocycles. The largest absolute Gasteiger partial charge is 0.481 e. The summed E-state index contributed by atoms with van der Waals surface area (Å²) >= 11 is 0. The molecule has 3 N–H and O–H groups in total. The van der Waals surface area contributed by atoms with E-state index in [1.165, 1.54) is 4.90 Å². The number of β-amino-alcohol motifs (C(OH)–C–C–N with tert-alkyl or cyclic N) is 1. The SMILES string of the molecule is CC(C)(C)OC(=O)N1CCC(O)(CC(=O)O)C(O)C1. The molecule has 1 fully saturated rings. The van der Waals surface area contributed by atoms with Crippen molar-refractivity contribution < 1.29 is 29.6 Å². The van der Waals surface area contributed by atoms with E-state index in [1.54, 1.807) is 20.8 Å². The first-order chi connectivity index (χ1) is 8.53. The number of nitrogens with zero attached hydrogens (tertiary/aromatic N) is 1. The number of likely N-dealkylation sites (tertiary alicyclic amines) is 1. The van der Waals surface area contributed by atoms with Crippen molar-refractivity contribution in [2.45, 2.75) is 50.9 Å². The van der Waals surface area contributed by atoms with E-state index in [2.05, 4.69) is 0 Å². The van der Waals surface area contributed by atoms with Crippen LogP contribution in [0.1, 0.15) is 33.6 Å². The van der Waals surface area contributed by atoms with Crippen molar-refractivity contribution in [3.63, 3.8) is 0 Å². The molecular formula is C12H21NO6. The fourth-order valence-electron chi connectivity index (χ4n) is 1.93. The number of aliphatic hydroxyl groups excluding tert-OH is 1. The highest BCUT2D eigenvalue weighted by molar-refractivity contribution is 5.70. The van der Waals surface area contributed by atoms with Gasteiger partial charge in [0.1, 0.15) is 17.3 Å². The maximum atomic E-state index is 11.8. The van der Waals surface area contributed by atoms with Gasteiger partial charge in [-0.2, -0.15) is 0 Å². The summed E-state index contributed by atoms with van der Waals surface area (Å²) in [4.78, 5) is 23.7. The number of ether oxygens (including phenoxy) is 1. The van der Waals surface area contributed by atoms with Gasteiger partial charge in [0.2, 0.25) is 0 Å². The highest BCUT2D eigenvalue weighted by Gasteiger charge is 2.44. The molecule has 2 unspecified atom stereocenters. The fourth-order valence-corrected chi connectivity index (χ4v) is 1.93. The quantitative estimate of drug-likeness (QED) is 0.664. The smallest absolute Gasteiger partial charge is 0.410 e. The Bertz CT molecular complexity index is 364. The molecule has 0 saturated carbocycles. The molecule has 0 aliphatic carbocycles. The molecule has 0 spiro atoms. The summed E-state index contributed by atoms with van der Waals surface area (Å²) in [6, 6.07) is 0. The molecule has 1 amide bonds. The summed E-state index contributed by atoms with van der Waals surface area (Å²) in [6.45, 7) is 5.19. The predicted octanol–water partition coefficient (Wildman–Crippen LogP) is 0.194. The lowest BCUT2D eigenvalue weighted by molar-refractivity contribution is -0.156. The zero-order chi connectivity index (χ0) is 14.8. The Labute approximate surface area is 111 Å². The summed E-state index contributed by atoms with van der Waals surface area (Å²) in [6.07, 6.45) is -2.43. The molecule has 110 valence electrons. The minimum absolute atomic E-state index is 0.000288.